The number of ether oxygens (including phenoxy) is 1. The summed E-state index contributed by atoms with van der Waals surface area (Å²) in [6.07, 6.45) is 4.68. The maximum absolute atomic E-state index is 10.9. The Morgan fingerprint density at radius 2 is 2.36 bits per heavy atom. The predicted octanol–water partition coefficient (Wildman–Crippen LogP) is 1.09. The van der Waals surface area contributed by atoms with Gasteiger partial charge in [0, 0.05) is 5.92 Å². The van der Waals surface area contributed by atoms with Crippen LogP contribution in [0, 0.1) is 11.8 Å². The summed E-state index contributed by atoms with van der Waals surface area (Å²) in [6.45, 7) is 3.18. The van der Waals surface area contributed by atoms with Gasteiger partial charge in [0.1, 0.15) is 0 Å². The van der Waals surface area contributed by atoms with Crippen LogP contribution in [-0.2, 0) is 9.53 Å². The molecule has 1 atom stereocenters. The normalized spacial score (nSPS) is 21.6. The van der Waals surface area contributed by atoms with Crippen molar-refractivity contribution in [2.75, 3.05) is 13.2 Å². The largest absolute Gasteiger partial charge is 0.456 e. The van der Waals surface area contributed by atoms with Crippen molar-refractivity contribution in [3.05, 3.63) is 0 Å². The van der Waals surface area contributed by atoms with E-state index in [1.807, 2.05) is 0 Å². The molecule has 0 radical (unpaired) electrons. The molecule has 0 aromatic carbocycles. The summed E-state index contributed by atoms with van der Waals surface area (Å²) in [7, 11) is 0. The minimum Gasteiger partial charge on any atom is -0.456 e. The molecule has 1 aliphatic rings. The van der Waals surface area contributed by atoms with Crippen LogP contribution in [0.4, 0.5) is 0 Å². The van der Waals surface area contributed by atoms with Gasteiger partial charge in [-0.05, 0) is 26.3 Å². The molecule has 3 nitrogen and oxygen atoms in total. The van der Waals surface area contributed by atoms with Gasteiger partial charge in [0.05, 0.1) is 12.6 Å². The summed E-state index contributed by atoms with van der Waals surface area (Å²) >= 11 is 0. The highest BCUT2D eigenvalue weighted by atomic mass is 16.5. The first-order valence-electron chi connectivity index (χ1n) is 5.24. The van der Waals surface area contributed by atoms with Crippen molar-refractivity contribution in [3.63, 3.8) is 0 Å². The third kappa shape index (κ3) is 4.29. The van der Waals surface area contributed by atoms with Crippen LogP contribution in [0.25, 0.3) is 0 Å². The highest BCUT2D eigenvalue weighted by Gasteiger charge is 2.08. The van der Waals surface area contributed by atoms with Gasteiger partial charge in [-0.25, -0.2) is 4.79 Å². The minimum absolute atomic E-state index is 0.168. The maximum Gasteiger partial charge on any atom is 0.384 e. The molecule has 0 spiro atoms. The predicted molar refractivity (Wildman–Crippen MR) is 54.7 cm³/mol. The van der Waals surface area contributed by atoms with E-state index < -0.39 is 5.97 Å². The topological polar surface area (TPSA) is 38.3 Å². The lowest BCUT2D eigenvalue weighted by Crippen LogP contribution is -2.26. The highest BCUT2D eigenvalue weighted by molar-refractivity contribution is 5.88. The molecule has 1 fully saturated rings. The van der Waals surface area contributed by atoms with Gasteiger partial charge in [-0.15, -0.1) is 0 Å². The molecule has 1 unspecified atom stereocenters. The van der Waals surface area contributed by atoms with Crippen LogP contribution >= 0.6 is 0 Å². The standard InChI is InChI=1S/C11H17NO2/c1-2-14-11(13)8-7-10-6-4-3-5-9-12-10/h10,12H,2-6,9H2,1H3. The lowest BCUT2D eigenvalue weighted by molar-refractivity contribution is -0.136. The Kier molecular flexibility index (Phi) is 5.09. The van der Waals surface area contributed by atoms with Crippen LogP contribution < -0.4 is 5.32 Å². The zero-order valence-corrected chi connectivity index (χ0v) is 8.64. The van der Waals surface area contributed by atoms with Gasteiger partial charge in [0.25, 0.3) is 0 Å². The number of esters is 1. The van der Waals surface area contributed by atoms with Crippen molar-refractivity contribution in [2.45, 2.75) is 38.6 Å². The Morgan fingerprint density at radius 3 is 3.14 bits per heavy atom. The third-order valence-electron chi connectivity index (χ3n) is 2.18. The lowest BCUT2D eigenvalue weighted by atomic mass is 10.1. The Bertz CT molecular complexity index is 231. The molecular weight excluding hydrogens is 178 g/mol. The number of carbonyl (C=O) groups excluding carboxylic acids is 1. The number of hydrogen-bond donors (Lipinski definition) is 1. The zero-order chi connectivity index (χ0) is 10.2. The van der Waals surface area contributed by atoms with E-state index in [0.717, 1.165) is 13.0 Å². The van der Waals surface area contributed by atoms with Gasteiger partial charge in [0.15, 0.2) is 0 Å². The van der Waals surface area contributed by atoms with Gasteiger partial charge < -0.3 is 10.1 Å². The van der Waals surface area contributed by atoms with Crippen LogP contribution in [0.1, 0.15) is 32.6 Å². The molecule has 1 N–H and O–H groups in total. The number of rotatable bonds is 1. The van der Waals surface area contributed by atoms with E-state index in [-0.39, 0.29) is 6.04 Å². The molecule has 1 saturated heterocycles. The summed E-state index contributed by atoms with van der Waals surface area (Å²) in [5, 5.41) is 3.30. The smallest absolute Gasteiger partial charge is 0.384 e. The number of hydrogen-bond acceptors (Lipinski definition) is 3. The summed E-state index contributed by atoms with van der Waals surface area (Å²) in [4.78, 5) is 10.9. The second kappa shape index (κ2) is 6.44. The Morgan fingerprint density at radius 1 is 1.50 bits per heavy atom. The fourth-order valence-electron chi connectivity index (χ4n) is 1.47. The molecule has 1 heterocycles. The molecule has 3 heteroatoms. The van der Waals surface area contributed by atoms with Crippen LogP contribution in [0.15, 0.2) is 0 Å². The van der Waals surface area contributed by atoms with Gasteiger partial charge in [-0.2, -0.15) is 0 Å². The van der Waals surface area contributed by atoms with Crippen LogP contribution in [0.3, 0.4) is 0 Å². The van der Waals surface area contributed by atoms with Gasteiger partial charge in [0.2, 0.25) is 0 Å². The Labute approximate surface area is 85.2 Å². The second-order valence-electron chi connectivity index (χ2n) is 3.35. The zero-order valence-electron chi connectivity index (χ0n) is 8.64. The van der Waals surface area contributed by atoms with Gasteiger partial charge >= 0.3 is 5.97 Å². The molecule has 0 aliphatic carbocycles. The van der Waals surface area contributed by atoms with E-state index in [1.54, 1.807) is 6.92 Å². The molecule has 1 rings (SSSR count). The minimum atomic E-state index is -0.418. The van der Waals surface area contributed by atoms with Crippen molar-refractivity contribution < 1.29 is 9.53 Å². The quantitative estimate of drug-likeness (QED) is 0.386. The van der Waals surface area contributed by atoms with E-state index in [2.05, 4.69) is 17.2 Å². The van der Waals surface area contributed by atoms with E-state index in [9.17, 15) is 4.79 Å². The van der Waals surface area contributed by atoms with Crippen LogP contribution in [-0.4, -0.2) is 25.2 Å². The molecule has 14 heavy (non-hydrogen) atoms. The van der Waals surface area contributed by atoms with Crippen molar-refractivity contribution >= 4 is 5.97 Å². The fourth-order valence-corrected chi connectivity index (χ4v) is 1.47. The van der Waals surface area contributed by atoms with E-state index in [1.165, 1.54) is 19.3 Å². The molecule has 0 saturated carbocycles. The molecular formula is C11H17NO2. The Hall–Kier alpha value is -1.01. The lowest BCUT2D eigenvalue weighted by Gasteiger charge is -2.06. The van der Waals surface area contributed by atoms with E-state index in [4.69, 9.17) is 4.74 Å². The average molecular weight is 195 g/mol. The highest BCUT2D eigenvalue weighted by Crippen LogP contribution is 2.07. The van der Waals surface area contributed by atoms with Crippen molar-refractivity contribution in [1.82, 2.24) is 5.32 Å². The first-order chi connectivity index (χ1) is 6.83. The van der Waals surface area contributed by atoms with E-state index >= 15 is 0 Å². The second-order valence-corrected chi connectivity index (χ2v) is 3.35. The fraction of sp³-hybridized carbons (Fsp3) is 0.727. The molecule has 78 valence electrons. The first kappa shape index (κ1) is 11.1. The van der Waals surface area contributed by atoms with Crippen molar-refractivity contribution in [2.24, 2.45) is 0 Å². The third-order valence-corrected chi connectivity index (χ3v) is 2.18. The molecule has 0 amide bonds. The summed E-state index contributed by atoms with van der Waals surface area (Å²) < 4.78 is 4.72. The monoisotopic (exact) mass is 195 g/mol. The Balaban J connectivity index is 2.36. The number of carbonyl (C=O) groups is 1. The van der Waals surface area contributed by atoms with Gasteiger partial charge in [-0.1, -0.05) is 18.8 Å². The van der Waals surface area contributed by atoms with Crippen LogP contribution in [0.5, 0.6) is 0 Å². The molecule has 1 aliphatic heterocycles. The summed E-state index contributed by atoms with van der Waals surface area (Å²) in [5.74, 6) is 5.00. The molecule has 0 bridgehead atoms. The SMILES string of the molecule is CCOC(=O)C#CC1CCCCCN1. The maximum atomic E-state index is 10.9. The van der Waals surface area contributed by atoms with Crippen molar-refractivity contribution in [3.8, 4) is 11.8 Å². The summed E-state index contributed by atoms with van der Waals surface area (Å²) in [6, 6.07) is 0.168. The molecule has 0 aromatic rings. The van der Waals surface area contributed by atoms with Crippen molar-refractivity contribution in [1.29, 1.82) is 0 Å². The average Bonchev–Trinajstić information content (AvgIpc) is 2.43. The number of nitrogens with one attached hydrogen (secondary N) is 1. The van der Waals surface area contributed by atoms with E-state index in [0.29, 0.717) is 6.61 Å². The summed E-state index contributed by atoms with van der Waals surface area (Å²) in [5.41, 5.74) is 0. The first-order valence-corrected chi connectivity index (χ1v) is 5.24. The van der Waals surface area contributed by atoms with Gasteiger partial charge in [-0.3, -0.25) is 0 Å². The van der Waals surface area contributed by atoms with Crippen LogP contribution in [0.2, 0.25) is 0 Å². The molecule has 0 aromatic heterocycles.